The van der Waals surface area contributed by atoms with Gasteiger partial charge in [0.2, 0.25) is 11.7 Å². The summed E-state index contributed by atoms with van der Waals surface area (Å²) in [6, 6.07) is 3.45. The molecular formula is C11H9ClN6O. The van der Waals surface area contributed by atoms with Crippen LogP contribution in [-0.4, -0.2) is 24.9 Å². The van der Waals surface area contributed by atoms with Crippen molar-refractivity contribution in [2.24, 2.45) is 0 Å². The highest BCUT2D eigenvalue weighted by Crippen LogP contribution is 2.22. The largest absolute Gasteiger partial charge is 0.396 e. The first-order chi connectivity index (χ1) is 9.22. The molecule has 0 atom stereocenters. The van der Waals surface area contributed by atoms with Crippen LogP contribution in [0.1, 0.15) is 5.89 Å². The molecule has 3 heterocycles. The summed E-state index contributed by atoms with van der Waals surface area (Å²) in [4.78, 5) is 8.33. The predicted octanol–water partition coefficient (Wildman–Crippen LogP) is 1.61. The van der Waals surface area contributed by atoms with Crippen molar-refractivity contribution in [1.82, 2.24) is 24.9 Å². The second kappa shape index (κ2) is 4.69. The standard InChI is InChI=1S/C11H9ClN6O/c12-8-2-1-3-14-10(8)11-16-9(19-17-11)6-18-5-7(13)4-15-18/h1-5H,6,13H2. The van der Waals surface area contributed by atoms with E-state index in [1.807, 2.05) is 0 Å². The van der Waals surface area contributed by atoms with E-state index in [9.17, 15) is 0 Å². The molecule has 0 spiro atoms. The lowest BCUT2D eigenvalue weighted by Gasteiger charge is -1.95. The summed E-state index contributed by atoms with van der Waals surface area (Å²) in [6.45, 7) is 0.342. The van der Waals surface area contributed by atoms with Crippen molar-refractivity contribution in [3.63, 3.8) is 0 Å². The number of hydrogen-bond acceptors (Lipinski definition) is 6. The summed E-state index contributed by atoms with van der Waals surface area (Å²) in [5.74, 6) is 0.751. The number of halogens is 1. The summed E-state index contributed by atoms with van der Waals surface area (Å²) < 4.78 is 6.73. The Morgan fingerprint density at radius 2 is 2.32 bits per heavy atom. The first-order valence-corrected chi connectivity index (χ1v) is 5.81. The first kappa shape index (κ1) is 11.7. The lowest BCUT2D eigenvalue weighted by molar-refractivity contribution is 0.366. The molecule has 19 heavy (non-hydrogen) atoms. The van der Waals surface area contributed by atoms with Crippen molar-refractivity contribution in [1.29, 1.82) is 0 Å². The van der Waals surface area contributed by atoms with Crippen LogP contribution in [0.25, 0.3) is 11.5 Å². The highest BCUT2D eigenvalue weighted by Gasteiger charge is 2.13. The first-order valence-electron chi connectivity index (χ1n) is 5.44. The van der Waals surface area contributed by atoms with Crippen molar-refractivity contribution in [2.45, 2.75) is 6.54 Å². The van der Waals surface area contributed by atoms with E-state index in [1.54, 1.807) is 35.4 Å². The number of pyridine rings is 1. The third kappa shape index (κ3) is 2.41. The highest BCUT2D eigenvalue weighted by molar-refractivity contribution is 6.32. The number of aromatic nitrogens is 5. The summed E-state index contributed by atoms with van der Waals surface area (Å²) in [5, 5.41) is 8.35. The maximum absolute atomic E-state index is 6.01. The van der Waals surface area contributed by atoms with E-state index in [1.165, 1.54) is 0 Å². The third-order valence-corrected chi connectivity index (χ3v) is 2.69. The third-order valence-electron chi connectivity index (χ3n) is 2.39. The van der Waals surface area contributed by atoms with Crippen LogP contribution in [0.2, 0.25) is 5.02 Å². The van der Waals surface area contributed by atoms with Crippen LogP contribution < -0.4 is 5.73 Å². The van der Waals surface area contributed by atoms with Gasteiger partial charge < -0.3 is 10.3 Å². The minimum absolute atomic E-state index is 0.342. The molecule has 0 saturated heterocycles. The lowest BCUT2D eigenvalue weighted by Crippen LogP contribution is -2.00. The molecule has 0 amide bonds. The molecule has 0 saturated carbocycles. The van der Waals surface area contributed by atoms with E-state index in [-0.39, 0.29) is 0 Å². The van der Waals surface area contributed by atoms with Crippen molar-refractivity contribution in [3.8, 4) is 11.5 Å². The maximum atomic E-state index is 6.01. The van der Waals surface area contributed by atoms with Crippen LogP contribution in [0, 0.1) is 0 Å². The fraction of sp³-hybridized carbons (Fsp3) is 0.0909. The Kier molecular flexibility index (Phi) is 2.88. The molecule has 3 aromatic heterocycles. The van der Waals surface area contributed by atoms with Gasteiger partial charge in [-0.3, -0.25) is 9.67 Å². The number of hydrogen-bond donors (Lipinski definition) is 1. The van der Waals surface area contributed by atoms with Crippen LogP contribution in [0.5, 0.6) is 0 Å². The average Bonchev–Trinajstić information content (AvgIpc) is 3.00. The van der Waals surface area contributed by atoms with E-state index in [2.05, 4.69) is 20.2 Å². The number of nitrogen functional groups attached to an aromatic ring is 1. The van der Waals surface area contributed by atoms with Crippen LogP contribution >= 0.6 is 11.6 Å². The van der Waals surface area contributed by atoms with Gasteiger partial charge in [0.25, 0.3) is 0 Å². The minimum Gasteiger partial charge on any atom is -0.396 e. The molecule has 3 aromatic rings. The molecule has 0 fully saturated rings. The summed E-state index contributed by atoms with van der Waals surface area (Å²) in [7, 11) is 0. The lowest BCUT2D eigenvalue weighted by atomic mass is 10.3. The van der Waals surface area contributed by atoms with Crippen LogP contribution in [-0.2, 0) is 6.54 Å². The van der Waals surface area contributed by atoms with Gasteiger partial charge in [-0.15, -0.1) is 0 Å². The second-order valence-corrected chi connectivity index (χ2v) is 4.22. The molecule has 0 unspecified atom stereocenters. The fourth-order valence-electron chi connectivity index (χ4n) is 1.57. The maximum Gasteiger partial charge on any atom is 0.248 e. The summed E-state index contributed by atoms with van der Waals surface area (Å²) in [6.07, 6.45) is 4.84. The van der Waals surface area contributed by atoms with E-state index in [0.717, 1.165) is 0 Å². The van der Waals surface area contributed by atoms with Gasteiger partial charge in [-0.05, 0) is 12.1 Å². The average molecular weight is 277 g/mol. The molecule has 2 N–H and O–H groups in total. The molecule has 0 bridgehead atoms. The van der Waals surface area contributed by atoms with Crippen molar-refractivity contribution < 1.29 is 4.52 Å². The zero-order valence-corrected chi connectivity index (χ0v) is 10.4. The smallest absolute Gasteiger partial charge is 0.248 e. The fourth-order valence-corrected chi connectivity index (χ4v) is 1.78. The van der Waals surface area contributed by atoms with Crippen molar-refractivity contribution in [3.05, 3.63) is 41.6 Å². The summed E-state index contributed by atoms with van der Waals surface area (Å²) in [5.41, 5.74) is 6.63. The van der Waals surface area contributed by atoms with Gasteiger partial charge in [-0.1, -0.05) is 16.8 Å². The SMILES string of the molecule is Nc1cnn(Cc2nc(-c3ncccc3Cl)no2)c1. The van der Waals surface area contributed by atoms with E-state index >= 15 is 0 Å². The van der Waals surface area contributed by atoms with Gasteiger partial charge in [0.1, 0.15) is 12.2 Å². The van der Waals surface area contributed by atoms with E-state index in [0.29, 0.717) is 34.7 Å². The van der Waals surface area contributed by atoms with Gasteiger partial charge in [0.15, 0.2) is 0 Å². The molecule has 7 nitrogen and oxygen atoms in total. The number of nitrogens with two attached hydrogens (primary N) is 1. The van der Waals surface area contributed by atoms with Crippen LogP contribution in [0.4, 0.5) is 5.69 Å². The predicted molar refractivity (Wildman–Crippen MR) is 68.3 cm³/mol. The second-order valence-electron chi connectivity index (χ2n) is 3.82. The Hall–Kier alpha value is -2.41. The molecule has 3 rings (SSSR count). The van der Waals surface area contributed by atoms with Crippen molar-refractivity contribution in [2.75, 3.05) is 5.73 Å². The molecule has 0 aliphatic heterocycles. The number of rotatable bonds is 3. The zero-order valence-electron chi connectivity index (χ0n) is 9.69. The quantitative estimate of drug-likeness (QED) is 0.781. The monoisotopic (exact) mass is 276 g/mol. The van der Waals surface area contributed by atoms with Crippen molar-refractivity contribution >= 4 is 17.3 Å². The molecular weight excluding hydrogens is 268 g/mol. The Bertz CT molecular complexity index is 707. The Balaban J connectivity index is 1.86. The van der Waals surface area contributed by atoms with Gasteiger partial charge in [-0.25, -0.2) is 0 Å². The summed E-state index contributed by atoms with van der Waals surface area (Å²) >= 11 is 6.01. The Labute approximate surface area is 113 Å². The molecule has 0 aromatic carbocycles. The van der Waals surface area contributed by atoms with Crippen LogP contribution in [0.3, 0.4) is 0 Å². The Morgan fingerprint density at radius 1 is 1.42 bits per heavy atom. The molecule has 96 valence electrons. The van der Waals surface area contributed by atoms with Gasteiger partial charge in [0.05, 0.1) is 16.9 Å². The minimum atomic E-state index is 0.342. The van der Waals surface area contributed by atoms with Crippen LogP contribution in [0.15, 0.2) is 35.2 Å². The van der Waals surface area contributed by atoms with Gasteiger partial charge in [-0.2, -0.15) is 10.1 Å². The topological polar surface area (TPSA) is 95.7 Å². The molecule has 0 aliphatic rings. The van der Waals surface area contributed by atoms with Gasteiger partial charge >= 0.3 is 0 Å². The van der Waals surface area contributed by atoms with Gasteiger partial charge in [0, 0.05) is 12.4 Å². The molecule has 0 aliphatic carbocycles. The van der Waals surface area contributed by atoms with E-state index < -0.39 is 0 Å². The highest BCUT2D eigenvalue weighted by atomic mass is 35.5. The number of nitrogens with zero attached hydrogens (tertiary/aromatic N) is 5. The molecule has 8 heteroatoms. The molecule has 0 radical (unpaired) electrons. The number of anilines is 1. The Morgan fingerprint density at radius 3 is 3.05 bits per heavy atom. The zero-order chi connectivity index (χ0) is 13.2. The van der Waals surface area contributed by atoms with E-state index in [4.69, 9.17) is 21.9 Å². The normalized spacial score (nSPS) is 10.8.